The molecule has 0 radical (unpaired) electrons. The van der Waals surface area contributed by atoms with E-state index in [4.69, 9.17) is 15.3 Å². The van der Waals surface area contributed by atoms with Crippen molar-refractivity contribution in [3.63, 3.8) is 0 Å². The smallest absolute Gasteiger partial charge is 0.431 e. The van der Waals surface area contributed by atoms with Crippen LogP contribution in [0.25, 0.3) is 0 Å². The Bertz CT molecular complexity index is 834. The molecule has 0 saturated heterocycles. The lowest BCUT2D eigenvalue weighted by molar-refractivity contribution is 0.201. The number of benzene rings is 2. The molecule has 0 spiro atoms. The maximum atomic E-state index is 11.7. The van der Waals surface area contributed by atoms with E-state index in [1.54, 1.807) is 19.1 Å². The number of anilines is 1. The molecule has 7 heteroatoms. The average molecular weight is 308 g/mol. The first-order valence-corrected chi connectivity index (χ1v) is 6.52. The molecule has 0 aliphatic rings. The van der Waals surface area contributed by atoms with Crippen molar-refractivity contribution in [2.45, 2.75) is 6.92 Å². The Kier molecular flexibility index (Phi) is 4.66. The van der Waals surface area contributed by atoms with Gasteiger partial charge in [-0.15, -0.1) is 0 Å². The summed E-state index contributed by atoms with van der Waals surface area (Å²) in [7, 11) is 0. The molecule has 3 N–H and O–H groups in total. The van der Waals surface area contributed by atoms with E-state index in [1.807, 2.05) is 12.1 Å². The van der Waals surface area contributed by atoms with Crippen LogP contribution >= 0.6 is 0 Å². The third-order valence-electron chi connectivity index (χ3n) is 2.97. The van der Waals surface area contributed by atoms with E-state index in [0.717, 1.165) is 0 Å². The number of para-hydroxylation sites is 2. The number of hydrogen-bond donors (Lipinski definition) is 3. The number of ether oxygens (including phenoxy) is 1. The first-order valence-electron chi connectivity index (χ1n) is 6.52. The van der Waals surface area contributed by atoms with Crippen LogP contribution < -0.4 is 15.6 Å². The van der Waals surface area contributed by atoms with Crippen LogP contribution in [0.3, 0.4) is 0 Å². The normalized spacial score (nSPS) is 9.35. The highest BCUT2D eigenvalue weighted by atomic mass is 16.6. The Hall–Kier alpha value is -3.71. The van der Waals surface area contributed by atoms with Crippen LogP contribution in [0.4, 0.5) is 10.5 Å². The summed E-state index contributed by atoms with van der Waals surface area (Å²) in [6.07, 6.45) is -0.839. The van der Waals surface area contributed by atoms with Gasteiger partial charge in [-0.25, -0.2) is 10.2 Å². The molecule has 0 unspecified atom stereocenters. The summed E-state index contributed by atoms with van der Waals surface area (Å²) in [5.41, 5.74) is 6.47. The number of nitrogens with one attached hydrogen (secondary N) is 2. The monoisotopic (exact) mass is 308 g/mol. The van der Waals surface area contributed by atoms with Gasteiger partial charge in [-0.2, -0.15) is 10.5 Å². The molecule has 0 aliphatic heterocycles. The van der Waals surface area contributed by atoms with Crippen molar-refractivity contribution >= 4 is 11.8 Å². The molecular formula is C16H12N4O3. The Labute approximate surface area is 132 Å². The van der Waals surface area contributed by atoms with E-state index >= 15 is 0 Å². The Morgan fingerprint density at radius 2 is 1.83 bits per heavy atom. The highest BCUT2D eigenvalue weighted by Gasteiger charge is 2.10. The number of carbonyl (C=O) groups excluding carboxylic acids is 1. The molecule has 0 aliphatic carbocycles. The Morgan fingerprint density at radius 1 is 1.17 bits per heavy atom. The lowest BCUT2D eigenvalue weighted by Gasteiger charge is -2.12. The highest BCUT2D eigenvalue weighted by molar-refractivity contribution is 5.73. The van der Waals surface area contributed by atoms with Gasteiger partial charge in [0.25, 0.3) is 0 Å². The second-order valence-electron chi connectivity index (χ2n) is 4.54. The van der Waals surface area contributed by atoms with Crippen LogP contribution in [-0.2, 0) is 0 Å². The molecule has 0 fully saturated rings. The van der Waals surface area contributed by atoms with Crippen LogP contribution in [0, 0.1) is 29.6 Å². The summed E-state index contributed by atoms with van der Waals surface area (Å²) in [6, 6.07) is 12.9. The van der Waals surface area contributed by atoms with Crippen LogP contribution in [0.2, 0.25) is 0 Å². The van der Waals surface area contributed by atoms with Gasteiger partial charge in [0.15, 0.2) is 11.5 Å². The maximum absolute atomic E-state index is 11.7. The molecule has 1 amide bonds. The number of amides is 1. The van der Waals surface area contributed by atoms with Crippen molar-refractivity contribution < 1.29 is 14.6 Å². The van der Waals surface area contributed by atoms with Crippen molar-refractivity contribution in [1.29, 1.82) is 10.5 Å². The van der Waals surface area contributed by atoms with E-state index in [2.05, 4.69) is 10.9 Å². The van der Waals surface area contributed by atoms with Gasteiger partial charge in [0.05, 0.1) is 16.8 Å². The minimum Gasteiger partial charge on any atom is -0.504 e. The third-order valence-corrected chi connectivity index (χ3v) is 2.97. The predicted molar refractivity (Wildman–Crippen MR) is 81.5 cm³/mol. The number of phenols is 1. The van der Waals surface area contributed by atoms with Crippen molar-refractivity contribution in [2.24, 2.45) is 0 Å². The molecule has 0 atom stereocenters. The van der Waals surface area contributed by atoms with Gasteiger partial charge in [-0.1, -0.05) is 12.1 Å². The first-order chi connectivity index (χ1) is 11.0. The Morgan fingerprint density at radius 3 is 2.48 bits per heavy atom. The fourth-order valence-corrected chi connectivity index (χ4v) is 1.81. The van der Waals surface area contributed by atoms with E-state index in [1.165, 1.54) is 24.3 Å². The maximum Gasteiger partial charge on any atom is 0.431 e. The van der Waals surface area contributed by atoms with Gasteiger partial charge in [-0.3, -0.25) is 5.43 Å². The van der Waals surface area contributed by atoms with Crippen LogP contribution in [-0.4, -0.2) is 11.2 Å². The van der Waals surface area contributed by atoms with Crippen molar-refractivity contribution in [3.05, 3.63) is 53.1 Å². The zero-order chi connectivity index (χ0) is 16.8. The second kappa shape index (κ2) is 6.83. The predicted octanol–water partition coefficient (Wildman–Crippen LogP) is 2.56. The summed E-state index contributed by atoms with van der Waals surface area (Å²) >= 11 is 0. The lowest BCUT2D eigenvalue weighted by Crippen LogP contribution is -2.32. The lowest BCUT2D eigenvalue weighted by atomic mass is 10.0. The quantitative estimate of drug-likeness (QED) is 0.750. The number of carbonyl (C=O) groups is 1. The molecule has 23 heavy (non-hydrogen) atoms. The number of aromatic hydroxyl groups is 1. The fraction of sp³-hybridized carbons (Fsp3) is 0.0625. The molecule has 114 valence electrons. The third kappa shape index (κ3) is 3.69. The summed E-state index contributed by atoms with van der Waals surface area (Å²) in [6.45, 7) is 1.72. The SMILES string of the molecule is Cc1cc(C#N)c(C#N)cc1NNC(=O)Oc1ccccc1O. The molecule has 2 rings (SSSR count). The molecule has 0 heterocycles. The summed E-state index contributed by atoms with van der Waals surface area (Å²) in [4.78, 5) is 11.7. The van der Waals surface area contributed by atoms with Crippen LogP contribution in [0.5, 0.6) is 11.5 Å². The first kappa shape index (κ1) is 15.7. The number of nitriles is 2. The number of rotatable bonds is 3. The molecule has 7 nitrogen and oxygen atoms in total. The fourth-order valence-electron chi connectivity index (χ4n) is 1.81. The standard InChI is InChI=1S/C16H12N4O3/c1-10-6-11(8-17)12(9-18)7-13(10)19-20-16(22)23-15-5-3-2-4-14(15)21/h2-7,19,21H,1H3,(H,20,22). The highest BCUT2D eigenvalue weighted by Crippen LogP contribution is 2.24. The van der Waals surface area contributed by atoms with Gasteiger partial charge in [0.2, 0.25) is 0 Å². The van der Waals surface area contributed by atoms with E-state index < -0.39 is 6.09 Å². The minimum atomic E-state index is -0.839. The van der Waals surface area contributed by atoms with Gasteiger partial charge in [0, 0.05) is 0 Å². The topological polar surface area (TPSA) is 118 Å². The number of phenolic OH excluding ortho intramolecular Hbond substituents is 1. The summed E-state index contributed by atoms with van der Waals surface area (Å²) in [5, 5.41) is 27.5. The van der Waals surface area contributed by atoms with Crippen LogP contribution in [0.15, 0.2) is 36.4 Å². The number of aryl methyl sites for hydroxylation is 1. The van der Waals surface area contributed by atoms with E-state index in [0.29, 0.717) is 11.3 Å². The van der Waals surface area contributed by atoms with Crippen molar-refractivity contribution in [2.75, 3.05) is 5.43 Å². The molecule has 2 aromatic carbocycles. The number of hydrogen-bond acceptors (Lipinski definition) is 6. The van der Waals surface area contributed by atoms with Gasteiger partial charge in [-0.05, 0) is 36.8 Å². The molecule has 0 saturated carbocycles. The zero-order valence-electron chi connectivity index (χ0n) is 12.1. The number of nitrogens with zero attached hydrogens (tertiary/aromatic N) is 2. The molecule has 0 bridgehead atoms. The summed E-state index contributed by atoms with van der Waals surface area (Å²) < 4.78 is 4.93. The zero-order valence-corrected chi connectivity index (χ0v) is 12.1. The van der Waals surface area contributed by atoms with Gasteiger partial charge < -0.3 is 9.84 Å². The number of hydrazine groups is 1. The summed E-state index contributed by atoms with van der Waals surface area (Å²) in [5.74, 6) is -0.148. The largest absolute Gasteiger partial charge is 0.504 e. The van der Waals surface area contributed by atoms with Gasteiger partial charge >= 0.3 is 6.09 Å². The van der Waals surface area contributed by atoms with E-state index in [-0.39, 0.29) is 22.6 Å². The molecular weight excluding hydrogens is 296 g/mol. The van der Waals surface area contributed by atoms with E-state index in [9.17, 15) is 9.90 Å². The minimum absolute atomic E-state index is 0.0149. The van der Waals surface area contributed by atoms with Crippen molar-refractivity contribution in [3.8, 4) is 23.6 Å². The van der Waals surface area contributed by atoms with Crippen molar-refractivity contribution in [1.82, 2.24) is 5.43 Å². The van der Waals surface area contributed by atoms with Gasteiger partial charge in [0.1, 0.15) is 12.1 Å². The second-order valence-corrected chi connectivity index (χ2v) is 4.54. The average Bonchev–Trinajstić information content (AvgIpc) is 2.55. The Balaban J connectivity index is 2.07. The molecule has 2 aromatic rings. The molecule has 0 aromatic heterocycles. The van der Waals surface area contributed by atoms with Crippen LogP contribution in [0.1, 0.15) is 16.7 Å².